The van der Waals surface area contributed by atoms with E-state index in [-0.39, 0.29) is 30.2 Å². The smallest absolute Gasteiger partial charge is 0.323 e. The largest absolute Gasteiger partial charge is 0.476 e. The van der Waals surface area contributed by atoms with Crippen LogP contribution in [0.15, 0.2) is 36.7 Å². The lowest BCUT2D eigenvalue weighted by Gasteiger charge is -2.28. The molecule has 3 heterocycles. The van der Waals surface area contributed by atoms with Gasteiger partial charge >= 0.3 is 12.6 Å². The number of para-hydroxylation sites is 1. The summed E-state index contributed by atoms with van der Waals surface area (Å²) in [6.07, 6.45) is -2.62. The summed E-state index contributed by atoms with van der Waals surface area (Å²) in [4.78, 5) is 25.1. The van der Waals surface area contributed by atoms with Gasteiger partial charge in [0.1, 0.15) is 24.0 Å². The van der Waals surface area contributed by atoms with Crippen LogP contribution in [0.3, 0.4) is 0 Å². The van der Waals surface area contributed by atoms with E-state index in [0.717, 1.165) is 0 Å². The molecule has 1 aliphatic rings. The Kier molecular flexibility index (Phi) is 9.97. The summed E-state index contributed by atoms with van der Waals surface area (Å²) >= 11 is 19.0. The molecule has 0 bridgehead atoms. The number of aliphatic hydroxyl groups is 1. The highest BCUT2D eigenvalue weighted by molar-refractivity contribution is 8.09. The Hall–Kier alpha value is -2.29. The van der Waals surface area contributed by atoms with E-state index in [9.17, 15) is 9.90 Å². The molecular weight excluding hydrogens is 618 g/mol. The predicted octanol–water partition coefficient (Wildman–Crippen LogP) is 3.49. The van der Waals surface area contributed by atoms with E-state index < -0.39 is 41.4 Å². The summed E-state index contributed by atoms with van der Waals surface area (Å²) in [5.74, 6) is -0.00981. The molecule has 5 atom stereocenters. The van der Waals surface area contributed by atoms with Crippen molar-refractivity contribution >= 4 is 64.7 Å². The Labute approximate surface area is 251 Å². The van der Waals surface area contributed by atoms with Gasteiger partial charge in [-0.25, -0.2) is 10.1 Å². The van der Waals surface area contributed by atoms with Gasteiger partial charge in [0.2, 0.25) is 11.8 Å². The molecule has 4 rings (SSSR count). The van der Waals surface area contributed by atoms with E-state index in [1.165, 1.54) is 10.9 Å². The number of nitrogens with two attached hydrogens (primary N) is 1. The first kappa shape index (κ1) is 31.6. The highest BCUT2D eigenvalue weighted by atomic mass is 35.5. The van der Waals surface area contributed by atoms with Crippen LogP contribution in [0.4, 0.5) is 5.95 Å². The topological polar surface area (TPSA) is 165 Å². The van der Waals surface area contributed by atoms with E-state index in [0.29, 0.717) is 17.9 Å². The molecule has 4 N–H and O–H groups in total. The summed E-state index contributed by atoms with van der Waals surface area (Å²) in [5, 5.41) is 14.0. The number of imidazole rings is 1. The Balaban J connectivity index is 1.56. The highest BCUT2D eigenvalue weighted by Gasteiger charge is 2.56. The van der Waals surface area contributed by atoms with Crippen molar-refractivity contribution in [3.63, 3.8) is 0 Å². The number of halogens is 2. The molecule has 0 spiro atoms. The maximum absolute atomic E-state index is 12.5. The average Bonchev–Trinajstić information content (AvgIpc) is 3.41. The van der Waals surface area contributed by atoms with Gasteiger partial charge in [-0.15, -0.1) is 0 Å². The fourth-order valence-corrected chi connectivity index (χ4v) is 6.94. The SMILES string of the molecule is CCOc1nc(N)nc2c1ncn2C1OC(COP(=S)(NC(C)C(=O)OC(C)C)Oc2ccccc2)C(O)C1(Cl)Cl. The molecule has 1 saturated heterocycles. The van der Waals surface area contributed by atoms with E-state index >= 15 is 0 Å². The van der Waals surface area contributed by atoms with Crippen molar-refractivity contribution in [2.45, 2.75) is 62.6 Å². The number of nitrogen functional groups attached to an aromatic ring is 1. The van der Waals surface area contributed by atoms with E-state index in [2.05, 4.69) is 20.0 Å². The number of ether oxygens (including phenoxy) is 3. The summed E-state index contributed by atoms with van der Waals surface area (Å²) in [6.45, 7) is 3.44. The Bertz CT molecular complexity index is 1420. The van der Waals surface area contributed by atoms with Gasteiger partial charge in [-0.1, -0.05) is 41.4 Å². The predicted molar refractivity (Wildman–Crippen MR) is 156 cm³/mol. The van der Waals surface area contributed by atoms with Crippen LogP contribution in [0.5, 0.6) is 11.6 Å². The van der Waals surface area contributed by atoms with Crippen LogP contribution < -0.4 is 20.1 Å². The molecule has 1 fully saturated rings. The standard InChI is InChI=1S/C24H31Cl2N6O7PS/c1-5-35-20-17-19(29-23(27)30-20)32(12-28-17)22-24(25,26)18(33)16(38-22)11-36-40(41,39-15-9-7-6-8-10-15)31-14(4)21(34)37-13(2)3/h6-10,12-14,16,18,22,33H,5,11H2,1-4H3,(H,31,41)(H2,27,29,30). The second kappa shape index (κ2) is 12.9. The average molecular weight is 649 g/mol. The highest BCUT2D eigenvalue weighted by Crippen LogP contribution is 2.50. The van der Waals surface area contributed by atoms with E-state index in [1.807, 2.05) is 6.07 Å². The van der Waals surface area contributed by atoms with Gasteiger partial charge in [-0.3, -0.25) is 9.36 Å². The van der Waals surface area contributed by atoms with Gasteiger partial charge in [0, 0.05) is 0 Å². The van der Waals surface area contributed by atoms with Gasteiger partial charge in [-0.05, 0) is 51.6 Å². The summed E-state index contributed by atoms with van der Waals surface area (Å²) in [7, 11) is 0. The molecule has 13 nitrogen and oxygen atoms in total. The second-order valence-electron chi connectivity index (χ2n) is 9.32. The first-order chi connectivity index (χ1) is 19.3. The Morgan fingerprint density at radius 1 is 1.29 bits per heavy atom. The molecule has 0 aliphatic carbocycles. The number of aromatic nitrogens is 4. The zero-order valence-electron chi connectivity index (χ0n) is 22.6. The quantitative estimate of drug-likeness (QED) is 0.149. The molecule has 0 amide bonds. The summed E-state index contributed by atoms with van der Waals surface area (Å²) in [6, 6.07) is 7.85. The van der Waals surface area contributed by atoms with Gasteiger partial charge in [0.05, 0.1) is 25.6 Å². The van der Waals surface area contributed by atoms with Crippen molar-refractivity contribution in [3.8, 4) is 11.6 Å². The Morgan fingerprint density at radius 2 is 2.00 bits per heavy atom. The number of nitrogens with one attached hydrogen (secondary N) is 1. The second-order valence-corrected chi connectivity index (χ2v) is 13.9. The number of hydrogen-bond acceptors (Lipinski definition) is 12. The molecule has 2 aromatic heterocycles. The number of fused-ring (bicyclic) bond motifs is 1. The van der Waals surface area contributed by atoms with E-state index in [1.54, 1.807) is 52.0 Å². The van der Waals surface area contributed by atoms with Crippen molar-refractivity contribution in [1.82, 2.24) is 24.6 Å². The van der Waals surface area contributed by atoms with E-state index in [4.69, 9.17) is 64.0 Å². The maximum atomic E-state index is 12.5. The summed E-state index contributed by atoms with van der Waals surface area (Å²) in [5.41, 5.74) is 6.41. The Morgan fingerprint density at radius 3 is 2.66 bits per heavy atom. The number of hydrogen-bond donors (Lipinski definition) is 3. The molecule has 17 heteroatoms. The third-order valence-corrected chi connectivity index (χ3v) is 9.07. The van der Waals surface area contributed by atoms with Crippen LogP contribution in [-0.4, -0.2) is 72.5 Å². The number of benzene rings is 1. The van der Waals surface area contributed by atoms with Crippen LogP contribution in [0.2, 0.25) is 0 Å². The molecule has 0 radical (unpaired) electrons. The number of esters is 1. The fraction of sp³-hybridized carbons (Fsp3) is 0.500. The lowest BCUT2D eigenvalue weighted by molar-refractivity contribution is -0.149. The van der Waals surface area contributed by atoms with Crippen molar-refractivity contribution in [2.24, 2.45) is 0 Å². The van der Waals surface area contributed by atoms with Crippen molar-refractivity contribution in [3.05, 3.63) is 36.7 Å². The molecule has 3 aromatic rings. The summed E-state index contributed by atoms with van der Waals surface area (Å²) < 4.78 is 28.5. The molecule has 41 heavy (non-hydrogen) atoms. The van der Waals surface area contributed by atoms with Crippen molar-refractivity contribution in [1.29, 1.82) is 0 Å². The normalized spacial score (nSPS) is 22.4. The minimum Gasteiger partial charge on any atom is -0.476 e. The van der Waals surface area contributed by atoms with Gasteiger partial charge < -0.3 is 34.1 Å². The molecule has 1 aromatic carbocycles. The number of anilines is 1. The third-order valence-electron chi connectivity index (χ3n) is 5.75. The lowest BCUT2D eigenvalue weighted by Crippen LogP contribution is -2.39. The van der Waals surface area contributed by atoms with Crippen LogP contribution in [0.25, 0.3) is 11.2 Å². The number of nitrogens with zero attached hydrogens (tertiary/aromatic N) is 4. The molecule has 224 valence electrons. The number of carbonyl (C=O) groups is 1. The van der Waals surface area contributed by atoms with Gasteiger partial charge in [-0.2, -0.15) is 9.97 Å². The molecule has 1 aliphatic heterocycles. The molecule has 5 unspecified atom stereocenters. The van der Waals surface area contributed by atoms with Crippen molar-refractivity contribution < 1.29 is 33.2 Å². The number of rotatable bonds is 12. The first-order valence-electron chi connectivity index (χ1n) is 12.7. The zero-order valence-corrected chi connectivity index (χ0v) is 25.9. The first-order valence-corrected chi connectivity index (χ1v) is 16.1. The lowest BCUT2D eigenvalue weighted by atomic mass is 10.2. The zero-order chi connectivity index (χ0) is 29.9. The molecule has 0 saturated carbocycles. The van der Waals surface area contributed by atoms with Crippen LogP contribution in [0, 0.1) is 0 Å². The van der Waals surface area contributed by atoms with Gasteiger partial charge in [0.25, 0.3) is 0 Å². The third kappa shape index (κ3) is 7.20. The van der Waals surface area contributed by atoms with Crippen molar-refractivity contribution in [2.75, 3.05) is 18.9 Å². The molecular formula is C24H31Cl2N6O7PS. The van der Waals surface area contributed by atoms with Crippen LogP contribution >= 0.6 is 29.8 Å². The number of alkyl halides is 2. The maximum Gasteiger partial charge on any atom is 0.323 e. The number of aliphatic hydroxyl groups excluding tert-OH is 1. The minimum atomic E-state index is -3.42. The fourth-order valence-electron chi connectivity index (χ4n) is 3.93. The number of carbonyl (C=O) groups excluding carboxylic acids is 1. The monoisotopic (exact) mass is 648 g/mol. The van der Waals surface area contributed by atoms with Gasteiger partial charge in [0.15, 0.2) is 21.7 Å². The van der Waals surface area contributed by atoms with Crippen LogP contribution in [-0.2, 0) is 30.6 Å². The van der Waals surface area contributed by atoms with Crippen LogP contribution in [0.1, 0.15) is 33.9 Å². The minimum absolute atomic E-state index is 0.0641.